The van der Waals surface area contributed by atoms with Crippen molar-refractivity contribution < 1.29 is 9.50 Å². The molecule has 0 heterocycles. The highest BCUT2D eigenvalue weighted by Crippen LogP contribution is 2.31. The summed E-state index contributed by atoms with van der Waals surface area (Å²) in [5.41, 5.74) is 1.53. The Hall–Kier alpha value is -1.09. The third kappa shape index (κ3) is 2.66. The van der Waals surface area contributed by atoms with Crippen LogP contribution in [-0.4, -0.2) is 5.11 Å². The monoisotopic (exact) mass is 284 g/mol. The van der Waals surface area contributed by atoms with Crippen molar-refractivity contribution in [2.45, 2.75) is 13.0 Å². The molecule has 1 unspecified atom stereocenters. The second-order valence-corrected chi connectivity index (χ2v) is 4.92. The van der Waals surface area contributed by atoms with E-state index in [0.29, 0.717) is 21.7 Å². The number of benzene rings is 2. The van der Waals surface area contributed by atoms with E-state index in [1.54, 1.807) is 37.3 Å². The molecule has 0 radical (unpaired) electrons. The van der Waals surface area contributed by atoms with E-state index < -0.39 is 6.10 Å². The predicted molar refractivity (Wildman–Crippen MR) is 71.7 cm³/mol. The molecule has 0 aliphatic heterocycles. The molecular weight excluding hydrogens is 274 g/mol. The highest BCUT2D eigenvalue weighted by atomic mass is 35.5. The van der Waals surface area contributed by atoms with Gasteiger partial charge in [-0.1, -0.05) is 35.3 Å². The first-order valence-corrected chi connectivity index (χ1v) is 6.13. The van der Waals surface area contributed by atoms with Gasteiger partial charge in [0.05, 0.1) is 0 Å². The van der Waals surface area contributed by atoms with Gasteiger partial charge in [-0.3, -0.25) is 0 Å². The Bertz CT molecular complexity index is 584. The molecular formula is C14H11Cl2FO. The molecule has 0 saturated carbocycles. The zero-order valence-electron chi connectivity index (χ0n) is 9.62. The van der Waals surface area contributed by atoms with Crippen LogP contribution in [0.5, 0.6) is 0 Å². The molecule has 18 heavy (non-hydrogen) atoms. The Kier molecular flexibility index (Phi) is 3.91. The number of aryl methyl sites for hydroxylation is 1. The molecule has 0 aliphatic carbocycles. The minimum atomic E-state index is -0.921. The lowest BCUT2D eigenvalue weighted by Gasteiger charge is -2.14. The minimum Gasteiger partial charge on any atom is -0.384 e. The molecule has 4 heteroatoms. The van der Waals surface area contributed by atoms with Crippen LogP contribution in [0.2, 0.25) is 10.0 Å². The van der Waals surface area contributed by atoms with Crippen molar-refractivity contribution in [3.63, 3.8) is 0 Å². The average molecular weight is 285 g/mol. The maximum absolute atomic E-state index is 13.3. The number of halogens is 3. The SMILES string of the molecule is Cc1cc(C(O)c2cccc(Cl)c2)c(Cl)cc1F. The molecule has 1 atom stereocenters. The molecule has 1 N–H and O–H groups in total. The standard InChI is InChI=1S/C14H11Cl2FO/c1-8-5-11(12(16)7-13(8)17)14(18)9-3-2-4-10(15)6-9/h2-7,14,18H,1H3. The maximum Gasteiger partial charge on any atom is 0.127 e. The van der Waals surface area contributed by atoms with E-state index in [2.05, 4.69) is 0 Å². The van der Waals surface area contributed by atoms with E-state index in [9.17, 15) is 9.50 Å². The molecule has 94 valence electrons. The van der Waals surface area contributed by atoms with Crippen molar-refractivity contribution in [1.82, 2.24) is 0 Å². The molecule has 0 saturated heterocycles. The fraction of sp³-hybridized carbons (Fsp3) is 0.143. The van der Waals surface area contributed by atoms with Gasteiger partial charge in [-0.25, -0.2) is 4.39 Å². The summed E-state index contributed by atoms with van der Waals surface area (Å²) in [6.07, 6.45) is -0.921. The van der Waals surface area contributed by atoms with Gasteiger partial charge >= 0.3 is 0 Å². The first-order chi connectivity index (χ1) is 8.49. The summed E-state index contributed by atoms with van der Waals surface area (Å²) < 4.78 is 13.3. The average Bonchev–Trinajstić information content (AvgIpc) is 2.33. The number of aliphatic hydroxyl groups is 1. The van der Waals surface area contributed by atoms with Gasteiger partial charge in [0.25, 0.3) is 0 Å². The van der Waals surface area contributed by atoms with Gasteiger partial charge < -0.3 is 5.11 Å². The van der Waals surface area contributed by atoms with E-state index in [4.69, 9.17) is 23.2 Å². The summed E-state index contributed by atoms with van der Waals surface area (Å²) in [4.78, 5) is 0. The lowest BCUT2D eigenvalue weighted by Crippen LogP contribution is -2.02. The van der Waals surface area contributed by atoms with Gasteiger partial charge in [0.15, 0.2) is 0 Å². The van der Waals surface area contributed by atoms with Gasteiger partial charge in [0, 0.05) is 15.6 Å². The second-order valence-electron chi connectivity index (χ2n) is 4.08. The molecule has 1 nitrogen and oxygen atoms in total. The topological polar surface area (TPSA) is 20.2 Å². The van der Waals surface area contributed by atoms with Crippen LogP contribution >= 0.6 is 23.2 Å². The second kappa shape index (κ2) is 5.27. The molecule has 0 bridgehead atoms. The van der Waals surface area contributed by atoms with Crippen molar-refractivity contribution in [3.05, 3.63) is 69.0 Å². The smallest absolute Gasteiger partial charge is 0.127 e. The third-order valence-corrected chi connectivity index (χ3v) is 3.30. The molecule has 0 spiro atoms. The summed E-state index contributed by atoms with van der Waals surface area (Å²) >= 11 is 11.8. The summed E-state index contributed by atoms with van der Waals surface area (Å²) in [7, 11) is 0. The first kappa shape index (κ1) is 13.3. The zero-order valence-corrected chi connectivity index (χ0v) is 11.1. The Morgan fingerprint density at radius 1 is 1.17 bits per heavy atom. The summed E-state index contributed by atoms with van der Waals surface area (Å²) in [5, 5.41) is 11.0. The number of hydrogen-bond acceptors (Lipinski definition) is 1. The highest BCUT2D eigenvalue weighted by Gasteiger charge is 2.16. The maximum atomic E-state index is 13.3. The fourth-order valence-corrected chi connectivity index (χ4v) is 2.20. The third-order valence-electron chi connectivity index (χ3n) is 2.74. The number of aliphatic hydroxyl groups excluding tert-OH is 1. The quantitative estimate of drug-likeness (QED) is 0.860. The van der Waals surface area contributed by atoms with Crippen molar-refractivity contribution in [2.24, 2.45) is 0 Å². The van der Waals surface area contributed by atoms with Crippen LogP contribution in [0, 0.1) is 12.7 Å². The predicted octanol–water partition coefficient (Wildman–Crippen LogP) is 4.52. The van der Waals surface area contributed by atoms with Gasteiger partial charge in [0.1, 0.15) is 11.9 Å². The summed E-state index contributed by atoms with van der Waals surface area (Å²) in [5.74, 6) is -0.387. The van der Waals surface area contributed by atoms with Crippen LogP contribution < -0.4 is 0 Å². The molecule has 0 fully saturated rings. The lowest BCUT2D eigenvalue weighted by atomic mass is 10.00. The van der Waals surface area contributed by atoms with Gasteiger partial charge in [0.2, 0.25) is 0 Å². The Morgan fingerprint density at radius 2 is 1.89 bits per heavy atom. The van der Waals surface area contributed by atoms with Crippen molar-refractivity contribution in [2.75, 3.05) is 0 Å². The number of hydrogen-bond donors (Lipinski definition) is 1. The van der Waals surface area contributed by atoms with E-state index in [1.807, 2.05) is 0 Å². The summed E-state index contributed by atoms with van der Waals surface area (Å²) in [6, 6.07) is 9.61. The van der Waals surface area contributed by atoms with Crippen LogP contribution in [-0.2, 0) is 0 Å². The Morgan fingerprint density at radius 3 is 2.56 bits per heavy atom. The molecule has 2 rings (SSSR count). The molecule has 0 amide bonds. The van der Waals surface area contributed by atoms with Crippen LogP contribution in [0.3, 0.4) is 0 Å². The zero-order chi connectivity index (χ0) is 13.3. The van der Waals surface area contributed by atoms with Crippen LogP contribution in [0.15, 0.2) is 36.4 Å². The summed E-state index contributed by atoms with van der Waals surface area (Å²) in [6.45, 7) is 1.62. The van der Waals surface area contributed by atoms with Crippen LogP contribution in [0.25, 0.3) is 0 Å². The van der Waals surface area contributed by atoms with Gasteiger partial charge in [-0.05, 0) is 42.3 Å². The van der Waals surface area contributed by atoms with Crippen molar-refractivity contribution in [3.8, 4) is 0 Å². The Balaban J connectivity index is 2.46. The lowest BCUT2D eigenvalue weighted by molar-refractivity contribution is 0.220. The minimum absolute atomic E-state index is 0.200. The van der Waals surface area contributed by atoms with E-state index in [1.165, 1.54) is 6.07 Å². The number of rotatable bonds is 2. The van der Waals surface area contributed by atoms with Crippen molar-refractivity contribution in [1.29, 1.82) is 0 Å². The fourth-order valence-electron chi connectivity index (χ4n) is 1.75. The van der Waals surface area contributed by atoms with E-state index in [0.717, 1.165) is 0 Å². The Labute approximate surface area is 115 Å². The van der Waals surface area contributed by atoms with E-state index in [-0.39, 0.29) is 10.8 Å². The van der Waals surface area contributed by atoms with E-state index >= 15 is 0 Å². The molecule has 2 aromatic rings. The van der Waals surface area contributed by atoms with Crippen LogP contribution in [0.1, 0.15) is 22.8 Å². The molecule has 2 aromatic carbocycles. The molecule has 0 aromatic heterocycles. The largest absolute Gasteiger partial charge is 0.384 e. The van der Waals surface area contributed by atoms with Gasteiger partial charge in [-0.2, -0.15) is 0 Å². The van der Waals surface area contributed by atoms with Crippen LogP contribution in [0.4, 0.5) is 4.39 Å². The van der Waals surface area contributed by atoms with Crippen molar-refractivity contribution >= 4 is 23.2 Å². The molecule has 0 aliphatic rings. The highest BCUT2D eigenvalue weighted by molar-refractivity contribution is 6.31. The first-order valence-electron chi connectivity index (χ1n) is 5.38. The van der Waals surface area contributed by atoms with Gasteiger partial charge in [-0.15, -0.1) is 0 Å². The normalized spacial score (nSPS) is 12.5.